The van der Waals surface area contributed by atoms with Gasteiger partial charge in [0, 0.05) is 9.58 Å². The molecular formula is C30H32BO2S. The van der Waals surface area contributed by atoms with Crippen molar-refractivity contribution >= 4 is 45.5 Å². The lowest BCUT2D eigenvalue weighted by Crippen LogP contribution is -2.49. The molecule has 1 aromatic heterocycles. The molecule has 34 heavy (non-hydrogen) atoms. The van der Waals surface area contributed by atoms with Crippen LogP contribution in [0.1, 0.15) is 63.0 Å². The fourth-order valence-corrected chi connectivity index (χ4v) is 5.87. The molecule has 4 heteroatoms. The van der Waals surface area contributed by atoms with E-state index in [1.165, 1.54) is 42.8 Å². The summed E-state index contributed by atoms with van der Waals surface area (Å²) >= 11 is 1.93. The highest BCUT2D eigenvalue weighted by molar-refractivity contribution is 7.20. The van der Waals surface area contributed by atoms with Crippen LogP contribution in [0.4, 0.5) is 0 Å². The molecule has 1 heterocycles. The van der Waals surface area contributed by atoms with E-state index in [0.717, 1.165) is 31.1 Å². The van der Waals surface area contributed by atoms with E-state index in [-0.39, 0.29) is 0 Å². The molecule has 1 N–H and O–H groups in total. The molecule has 0 unspecified atom stereocenters. The van der Waals surface area contributed by atoms with Crippen molar-refractivity contribution in [2.45, 2.75) is 64.6 Å². The Balaban J connectivity index is 1.41. The summed E-state index contributed by atoms with van der Waals surface area (Å²) in [5, 5.41) is 11.8. The Labute approximate surface area is 207 Å². The minimum absolute atomic E-state index is 0.682. The molecular weight excluding hydrogens is 435 g/mol. The van der Waals surface area contributed by atoms with Gasteiger partial charge in [0.25, 0.3) is 0 Å². The third kappa shape index (κ3) is 4.47. The number of allylic oxidation sites excluding steroid dienone is 6. The topological polar surface area (TPSA) is 29.5 Å². The zero-order valence-corrected chi connectivity index (χ0v) is 21.3. The summed E-state index contributed by atoms with van der Waals surface area (Å²) in [6.45, 7) is 7.38. The molecule has 0 amide bonds. The average Bonchev–Trinajstić information content (AvgIpc) is 3.21. The second-order valence-corrected chi connectivity index (χ2v) is 11.4. The quantitative estimate of drug-likeness (QED) is 0.402. The molecule has 1 radical (unpaired) electrons. The van der Waals surface area contributed by atoms with Gasteiger partial charge in [-0.15, -0.1) is 11.3 Å². The summed E-state index contributed by atoms with van der Waals surface area (Å²) < 4.78 is 7.38. The number of hydrogen-bond acceptors (Lipinski definition) is 3. The number of fused-ring (bicyclic) bond motifs is 3. The number of aliphatic hydroxyl groups is 1. The SMILES string of the molecule is CC(C)(O)C(C)(C)O[B]c1cccc(C2=CC(C3=CCCc4c3sc3ccccc43)=CCC2)c1. The first-order valence-corrected chi connectivity index (χ1v) is 13.0. The van der Waals surface area contributed by atoms with Gasteiger partial charge in [0.15, 0.2) is 0 Å². The van der Waals surface area contributed by atoms with Crippen LogP contribution in [0.3, 0.4) is 0 Å². The fraction of sp³-hybridized carbons (Fsp3) is 0.333. The van der Waals surface area contributed by atoms with Crippen LogP contribution in [0.25, 0.3) is 21.2 Å². The molecule has 2 nitrogen and oxygen atoms in total. The first kappa shape index (κ1) is 23.4. The van der Waals surface area contributed by atoms with Gasteiger partial charge in [-0.05, 0) is 92.7 Å². The van der Waals surface area contributed by atoms with Crippen molar-refractivity contribution in [3.8, 4) is 0 Å². The molecule has 2 aromatic carbocycles. The second kappa shape index (κ2) is 9.00. The van der Waals surface area contributed by atoms with E-state index in [1.807, 2.05) is 25.2 Å². The van der Waals surface area contributed by atoms with E-state index in [1.54, 1.807) is 21.3 Å². The number of aryl methyl sites for hydroxylation is 1. The van der Waals surface area contributed by atoms with Crippen LogP contribution >= 0.6 is 11.3 Å². The number of rotatable bonds is 6. The second-order valence-electron chi connectivity index (χ2n) is 10.4. The molecule has 2 aliphatic rings. The first-order valence-electron chi connectivity index (χ1n) is 12.2. The number of hydrogen-bond donors (Lipinski definition) is 1. The first-order chi connectivity index (χ1) is 16.2. The Hall–Kier alpha value is -2.40. The van der Waals surface area contributed by atoms with E-state index < -0.39 is 11.2 Å². The maximum Gasteiger partial charge on any atom is 0.330 e. The van der Waals surface area contributed by atoms with Crippen LogP contribution < -0.4 is 5.46 Å². The molecule has 173 valence electrons. The Morgan fingerprint density at radius 3 is 2.56 bits per heavy atom. The van der Waals surface area contributed by atoms with Gasteiger partial charge >= 0.3 is 7.48 Å². The van der Waals surface area contributed by atoms with Gasteiger partial charge < -0.3 is 9.76 Å². The summed E-state index contributed by atoms with van der Waals surface area (Å²) in [5.41, 5.74) is 6.25. The van der Waals surface area contributed by atoms with Gasteiger partial charge in [0.2, 0.25) is 0 Å². The van der Waals surface area contributed by atoms with Gasteiger partial charge in [0.05, 0.1) is 11.2 Å². The van der Waals surface area contributed by atoms with Gasteiger partial charge in [0.1, 0.15) is 0 Å². The zero-order valence-electron chi connectivity index (χ0n) is 20.5. The Morgan fingerprint density at radius 2 is 1.74 bits per heavy atom. The lowest BCUT2D eigenvalue weighted by molar-refractivity contribution is -0.0893. The summed E-state index contributed by atoms with van der Waals surface area (Å²) in [5.74, 6) is 0. The number of thiophene rings is 1. The number of benzene rings is 2. The maximum absolute atomic E-state index is 10.4. The minimum atomic E-state index is -0.939. The van der Waals surface area contributed by atoms with E-state index in [9.17, 15) is 5.11 Å². The monoisotopic (exact) mass is 467 g/mol. The van der Waals surface area contributed by atoms with Crippen LogP contribution in [-0.4, -0.2) is 23.8 Å². The van der Waals surface area contributed by atoms with Crippen LogP contribution in [-0.2, 0) is 11.1 Å². The lowest BCUT2D eigenvalue weighted by Gasteiger charge is -2.37. The van der Waals surface area contributed by atoms with Crippen molar-refractivity contribution in [1.82, 2.24) is 0 Å². The zero-order chi connectivity index (χ0) is 23.9. The highest BCUT2D eigenvalue weighted by Crippen LogP contribution is 2.44. The minimum Gasteiger partial charge on any atom is -0.427 e. The third-order valence-electron chi connectivity index (χ3n) is 7.32. The Kier molecular flexibility index (Phi) is 6.18. The van der Waals surface area contributed by atoms with Crippen molar-refractivity contribution in [3.63, 3.8) is 0 Å². The van der Waals surface area contributed by atoms with Crippen molar-refractivity contribution in [2.75, 3.05) is 0 Å². The predicted octanol–water partition coefficient (Wildman–Crippen LogP) is 6.85. The predicted molar refractivity (Wildman–Crippen MR) is 147 cm³/mol. The molecule has 0 bridgehead atoms. The standard InChI is InChI=1S/C30H32BO2S/c1-29(2,32)30(3,4)33-31-23-13-8-11-21(19-23)20-10-7-12-22(18-20)24-15-9-16-26-25-14-5-6-17-27(25)34-28(24)26/h5-6,8,11-15,17-19,32H,7,9-10,16H2,1-4H3. The van der Waals surface area contributed by atoms with E-state index in [4.69, 9.17) is 4.65 Å². The lowest BCUT2D eigenvalue weighted by atomic mass is 9.80. The van der Waals surface area contributed by atoms with Crippen LogP contribution in [0, 0.1) is 0 Å². The van der Waals surface area contributed by atoms with Crippen molar-refractivity contribution in [2.24, 2.45) is 0 Å². The molecule has 0 saturated heterocycles. The normalized spacial score (nSPS) is 16.6. The molecule has 0 fully saturated rings. The third-order valence-corrected chi connectivity index (χ3v) is 8.57. The Morgan fingerprint density at radius 1 is 0.941 bits per heavy atom. The maximum atomic E-state index is 10.4. The van der Waals surface area contributed by atoms with Crippen molar-refractivity contribution in [1.29, 1.82) is 0 Å². The van der Waals surface area contributed by atoms with Crippen LogP contribution in [0.5, 0.6) is 0 Å². The summed E-state index contributed by atoms with van der Waals surface area (Å²) in [6, 6.07) is 17.3. The van der Waals surface area contributed by atoms with E-state index in [2.05, 4.69) is 66.8 Å². The van der Waals surface area contributed by atoms with Crippen LogP contribution in [0.15, 0.2) is 72.3 Å². The summed E-state index contributed by atoms with van der Waals surface area (Å²) in [7, 11) is 1.77. The molecule has 3 aromatic rings. The van der Waals surface area contributed by atoms with Gasteiger partial charge in [-0.1, -0.05) is 66.2 Å². The molecule has 0 spiro atoms. The summed E-state index contributed by atoms with van der Waals surface area (Å²) in [6.07, 6.45) is 11.5. The van der Waals surface area contributed by atoms with Gasteiger partial charge in [-0.3, -0.25) is 0 Å². The average molecular weight is 467 g/mol. The molecule has 0 aliphatic heterocycles. The Bertz CT molecular complexity index is 1320. The van der Waals surface area contributed by atoms with Crippen molar-refractivity contribution in [3.05, 3.63) is 88.3 Å². The summed E-state index contributed by atoms with van der Waals surface area (Å²) in [4.78, 5) is 1.44. The van der Waals surface area contributed by atoms with Gasteiger partial charge in [-0.25, -0.2) is 0 Å². The molecule has 2 aliphatic carbocycles. The molecule has 0 atom stereocenters. The van der Waals surface area contributed by atoms with Crippen LogP contribution in [0.2, 0.25) is 0 Å². The highest BCUT2D eigenvalue weighted by atomic mass is 32.1. The fourth-order valence-electron chi connectivity index (χ4n) is 4.56. The highest BCUT2D eigenvalue weighted by Gasteiger charge is 2.35. The van der Waals surface area contributed by atoms with E-state index >= 15 is 0 Å². The van der Waals surface area contributed by atoms with Gasteiger partial charge in [-0.2, -0.15) is 0 Å². The van der Waals surface area contributed by atoms with E-state index in [0.29, 0.717) is 0 Å². The van der Waals surface area contributed by atoms with Crippen molar-refractivity contribution < 1.29 is 9.76 Å². The molecule has 5 rings (SSSR count). The smallest absolute Gasteiger partial charge is 0.330 e. The molecule has 0 saturated carbocycles. The largest absolute Gasteiger partial charge is 0.427 e.